The molecule has 0 saturated carbocycles. The Labute approximate surface area is 262 Å². The maximum Gasteiger partial charge on any atom is 0.222 e. The molecule has 44 heavy (non-hydrogen) atoms. The Morgan fingerprint density at radius 2 is 1.68 bits per heavy atom. The van der Waals surface area contributed by atoms with E-state index in [1.807, 2.05) is 24.4 Å². The van der Waals surface area contributed by atoms with Gasteiger partial charge >= 0.3 is 0 Å². The van der Waals surface area contributed by atoms with Crippen LogP contribution in [0.25, 0.3) is 0 Å². The van der Waals surface area contributed by atoms with Gasteiger partial charge in [-0.2, -0.15) is 0 Å². The van der Waals surface area contributed by atoms with Crippen LogP contribution in [-0.2, 0) is 24.2 Å². The number of aromatic nitrogens is 1. The summed E-state index contributed by atoms with van der Waals surface area (Å²) in [5, 5.41) is 0. The van der Waals surface area contributed by atoms with Gasteiger partial charge in [0, 0.05) is 45.3 Å². The van der Waals surface area contributed by atoms with Crippen LogP contribution in [0.3, 0.4) is 0 Å². The van der Waals surface area contributed by atoms with E-state index >= 15 is 0 Å². The first-order valence-corrected chi connectivity index (χ1v) is 15.9. The van der Waals surface area contributed by atoms with E-state index in [1.54, 1.807) is 21.3 Å². The molecule has 8 nitrogen and oxygen atoms in total. The van der Waals surface area contributed by atoms with Crippen molar-refractivity contribution in [3.8, 4) is 23.0 Å². The predicted molar refractivity (Wildman–Crippen MR) is 172 cm³/mol. The Balaban J connectivity index is 1.25. The van der Waals surface area contributed by atoms with Gasteiger partial charge in [0.15, 0.2) is 11.5 Å². The van der Waals surface area contributed by atoms with Gasteiger partial charge in [-0.05, 0) is 79.3 Å². The fourth-order valence-electron chi connectivity index (χ4n) is 6.84. The zero-order valence-corrected chi connectivity index (χ0v) is 26.6. The van der Waals surface area contributed by atoms with Crippen LogP contribution in [0.15, 0.2) is 60.8 Å². The maximum absolute atomic E-state index is 13.4. The summed E-state index contributed by atoms with van der Waals surface area (Å²) in [4.78, 5) is 22.7. The largest absolute Gasteiger partial charge is 0.493 e. The Hall–Kier alpha value is -3.78. The van der Waals surface area contributed by atoms with Gasteiger partial charge in [-0.1, -0.05) is 36.8 Å². The molecule has 0 radical (unpaired) electrons. The number of piperidine rings is 1. The molecule has 8 heteroatoms. The van der Waals surface area contributed by atoms with E-state index in [0.717, 1.165) is 75.4 Å². The number of benzene rings is 2. The molecule has 1 spiro atoms. The molecule has 3 aromatic rings. The van der Waals surface area contributed by atoms with Crippen molar-refractivity contribution in [3.05, 3.63) is 77.6 Å². The molecule has 0 bridgehead atoms. The average molecular weight is 602 g/mol. The number of ether oxygens (including phenoxy) is 4. The van der Waals surface area contributed by atoms with Gasteiger partial charge in [0.1, 0.15) is 12.4 Å². The Bertz CT molecular complexity index is 1360. The lowest BCUT2D eigenvalue weighted by molar-refractivity contribution is -0.133. The van der Waals surface area contributed by atoms with Gasteiger partial charge in [-0.3, -0.25) is 14.7 Å². The van der Waals surface area contributed by atoms with E-state index in [4.69, 9.17) is 18.9 Å². The summed E-state index contributed by atoms with van der Waals surface area (Å²) in [7, 11) is 4.83. The van der Waals surface area contributed by atoms with Crippen LogP contribution in [-0.4, -0.2) is 74.8 Å². The Morgan fingerprint density at radius 3 is 2.43 bits per heavy atom. The molecule has 2 aliphatic heterocycles. The van der Waals surface area contributed by atoms with Crippen LogP contribution in [0, 0.1) is 5.41 Å². The number of aryl methyl sites for hydroxylation is 2. The summed E-state index contributed by atoms with van der Waals surface area (Å²) < 4.78 is 22.9. The molecule has 0 aliphatic carbocycles. The number of fused-ring (bicyclic) bond motifs is 1. The van der Waals surface area contributed by atoms with E-state index < -0.39 is 0 Å². The minimum Gasteiger partial charge on any atom is -0.493 e. The normalized spacial score (nSPS) is 17.5. The second-order valence-corrected chi connectivity index (χ2v) is 12.1. The third-order valence-electron chi connectivity index (χ3n) is 9.28. The molecule has 1 fully saturated rings. The quantitative estimate of drug-likeness (QED) is 0.316. The highest BCUT2D eigenvalue weighted by molar-refractivity contribution is 5.76. The van der Waals surface area contributed by atoms with E-state index in [0.29, 0.717) is 36.7 Å². The highest BCUT2D eigenvalue weighted by Gasteiger charge is 2.37. The smallest absolute Gasteiger partial charge is 0.222 e. The monoisotopic (exact) mass is 601 g/mol. The molecular weight excluding hydrogens is 554 g/mol. The van der Waals surface area contributed by atoms with Crippen LogP contribution in [0.2, 0.25) is 0 Å². The van der Waals surface area contributed by atoms with E-state index in [9.17, 15) is 4.79 Å². The maximum atomic E-state index is 13.4. The number of methoxy groups -OCH3 is 3. The number of carbonyl (C=O) groups is 1. The second kappa shape index (κ2) is 15.3. The molecule has 0 atom stereocenters. The number of hydrogen-bond donors (Lipinski definition) is 0. The highest BCUT2D eigenvalue weighted by atomic mass is 16.5. The van der Waals surface area contributed by atoms with Crippen molar-refractivity contribution in [1.82, 2.24) is 14.8 Å². The van der Waals surface area contributed by atoms with Crippen molar-refractivity contribution in [2.24, 2.45) is 5.41 Å². The van der Waals surface area contributed by atoms with Gasteiger partial charge in [0.05, 0.1) is 27.0 Å². The van der Waals surface area contributed by atoms with E-state index in [-0.39, 0.29) is 11.3 Å². The van der Waals surface area contributed by atoms with Gasteiger partial charge in [-0.15, -0.1) is 0 Å². The zero-order chi connectivity index (χ0) is 30.8. The average Bonchev–Trinajstić information content (AvgIpc) is 3.06. The highest BCUT2D eigenvalue weighted by Crippen LogP contribution is 2.41. The lowest BCUT2D eigenvalue weighted by Crippen LogP contribution is -2.48. The summed E-state index contributed by atoms with van der Waals surface area (Å²) in [6, 6.07) is 18.4. The zero-order valence-electron chi connectivity index (χ0n) is 26.6. The van der Waals surface area contributed by atoms with Crippen molar-refractivity contribution in [2.75, 3.05) is 54.1 Å². The lowest BCUT2D eigenvalue weighted by atomic mass is 9.73. The summed E-state index contributed by atoms with van der Waals surface area (Å²) in [6.07, 6.45) is 9.41. The fourth-order valence-corrected chi connectivity index (χ4v) is 6.84. The number of pyridine rings is 1. The first kappa shape index (κ1) is 31.6. The molecule has 2 aliphatic rings. The number of para-hydroxylation sites is 1. The van der Waals surface area contributed by atoms with Crippen molar-refractivity contribution in [3.63, 3.8) is 0 Å². The second-order valence-electron chi connectivity index (χ2n) is 12.1. The van der Waals surface area contributed by atoms with Crippen LogP contribution < -0.4 is 18.9 Å². The molecule has 1 saturated heterocycles. The number of rotatable bonds is 8. The number of carbonyl (C=O) groups excluding carboxylic acids is 1. The van der Waals surface area contributed by atoms with Crippen molar-refractivity contribution >= 4 is 5.91 Å². The number of amides is 1. The van der Waals surface area contributed by atoms with Gasteiger partial charge in [-0.25, -0.2) is 0 Å². The third kappa shape index (κ3) is 7.83. The molecule has 0 unspecified atom stereocenters. The lowest BCUT2D eigenvalue weighted by Gasteiger charge is -2.45. The van der Waals surface area contributed by atoms with Crippen LogP contribution in [0.1, 0.15) is 55.3 Å². The number of nitrogens with zero attached hydrogens (tertiary/aromatic N) is 3. The molecule has 3 heterocycles. The first-order valence-electron chi connectivity index (χ1n) is 15.9. The van der Waals surface area contributed by atoms with Gasteiger partial charge in [0.25, 0.3) is 0 Å². The first-order chi connectivity index (χ1) is 21.5. The van der Waals surface area contributed by atoms with Crippen LogP contribution in [0.4, 0.5) is 0 Å². The molecule has 0 N–H and O–H groups in total. The number of hydrogen-bond acceptors (Lipinski definition) is 7. The van der Waals surface area contributed by atoms with Crippen molar-refractivity contribution < 1.29 is 23.7 Å². The molecule has 1 amide bonds. The van der Waals surface area contributed by atoms with Crippen LogP contribution >= 0.6 is 0 Å². The van der Waals surface area contributed by atoms with Crippen molar-refractivity contribution in [1.29, 1.82) is 0 Å². The summed E-state index contributed by atoms with van der Waals surface area (Å²) >= 11 is 0. The predicted octanol–water partition coefficient (Wildman–Crippen LogP) is 5.96. The molecule has 2 aromatic carbocycles. The van der Waals surface area contributed by atoms with Crippen LogP contribution in [0.5, 0.6) is 23.0 Å². The van der Waals surface area contributed by atoms with Gasteiger partial charge in [0.2, 0.25) is 11.7 Å². The number of likely N-dealkylation sites (tertiary alicyclic amines) is 1. The minimum absolute atomic E-state index is 0.164. The molecule has 236 valence electrons. The standard InChI is InChI=1S/C36H47N3O5/c1-41-32-16-14-29(34(42-2)35(32)43-3)15-17-33(40)39-22-19-36(20-23-39)18-8-6-11-28-10-4-5-13-31(28)44-25-24-38(27-36)26-30-12-7-9-21-37-30/h4-5,7,9-10,12-14,16,21H,6,8,11,15,17-20,22-27H2,1-3H3. The molecular formula is C36H47N3O5. The Kier molecular flexibility index (Phi) is 11.0. The summed E-state index contributed by atoms with van der Waals surface area (Å²) in [5.41, 5.74) is 3.48. The summed E-state index contributed by atoms with van der Waals surface area (Å²) in [5.74, 6) is 3.01. The summed E-state index contributed by atoms with van der Waals surface area (Å²) in [6.45, 7) is 4.84. The van der Waals surface area contributed by atoms with Gasteiger partial charge < -0.3 is 23.8 Å². The van der Waals surface area contributed by atoms with E-state index in [2.05, 4.69) is 51.2 Å². The SMILES string of the molecule is COc1ccc(CCC(=O)N2CCC3(CCCCc4ccccc4OCCN(Cc4ccccn4)C3)CC2)c(OC)c1OC. The molecule has 1 aromatic heterocycles. The Morgan fingerprint density at radius 1 is 0.886 bits per heavy atom. The van der Waals surface area contributed by atoms with Crippen molar-refractivity contribution in [2.45, 2.75) is 57.9 Å². The van der Waals surface area contributed by atoms with E-state index in [1.165, 1.54) is 18.4 Å². The molecule has 5 rings (SSSR count). The minimum atomic E-state index is 0.164. The fraction of sp³-hybridized carbons (Fsp3) is 0.500. The third-order valence-corrected chi connectivity index (χ3v) is 9.28. The topological polar surface area (TPSA) is 73.4 Å².